The van der Waals surface area contributed by atoms with E-state index in [0.717, 1.165) is 0 Å². The van der Waals surface area contributed by atoms with Crippen LogP contribution in [0.5, 0.6) is 11.5 Å². The minimum absolute atomic E-state index is 0.0671. The van der Waals surface area contributed by atoms with E-state index in [9.17, 15) is 9.59 Å². The Kier molecular flexibility index (Phi) is 5.76. The summed E-state index contributed by atoms with van der Waals surface area (Å²) < 4.78 is 4.72. The Morgan fingerprint density at radius 1 is 0.905 bits per heavy atom. The number of carboxylic acid groups (broad SMARTS) is 2. The fourth-order valence-electron chi connectivity index (χ4n) is 1.39. The van der Waals surface area contributed by atoms with Crippen molar-refractivity contribution in [3.8, 4) is 11.5 Å². The van der Waals surface area contributed by atoms with Crippen molar-refractivity contribution in [3.63, 3.8) is 0 Å². The number of carboxylic acids is 2. The first-order valence-corrected chi connectivity index (χ1v) is 5.84. The minimum atomic E-state index is -1.05. The van der Waals surface area contributed by atoms with E-state index in [1.165, 1.54) is 25.3 Å². The maximum atomic E-state index is 10.4. The van der Waals surface area contributed by atoms with Crippen molar-refractivity contribution < 1.29 is 29.6 Å². The third-order valence-electron chi connectivity index (χ3n) is 2.45. The Labute approximate surface area is 120 Å². The fourth-order valence-corrected chi connectivity index (χ4v) is 1.39. The molecule has 2 aromatic rings. The number of phenolic OH excluding ortho intramolecular Hbond substituents is 1. The van der Waals surface area contributed by atoms with Gasteiger partial charge in [0.2, 0.25) is 0 Å². The molecule has 3 N–H and O–H groups in total. The second kappa shape index (κ2) is 7.54. The Hall–Kier alpha value is -3.02. The number of hydrogen-bond acceptors (Lipinski definition) is 4. The molecule has 0 saturated heterocycles. The van der Waals surface area contributed by atoms with E-state index in [-0.39, 0.29) is 17.1 Å². The topological polar surface area (TPSA) is 104 Å². The molecule has 0 aromatic heterocycles. The minimum Gasteiger partial charge on any atom is -0.504 e. The van der Waals surface area contributed by atoms with E-state index in [2.05, 4.69) is 0 Å². The second-order valence-corrected chi connectivity index (χ2v) is 3.86. The smallest absolute Gasteiger partial charge is 0.335 e. The Balaban J connectivity index is 0.000000219. The van der Waals surface area contributed by atoms with E-state index in [0.29, 0.717) is 5.56 Å². The van der Waals surface area contributed by atoms with Gasteiger partial charge in [-0.25, -0.2) is 9.59 Å². The van der Waals surface area contributed by atoms with Gasteiger partial charge in [-0.15, -0.1) is 0 Å². The third-order valence-corrected chi connectivity index (χ3v) is 2.45. The second-order valence-electron chi connectivity index (χ2n) is 3.86. The molecular weight excluding hydrogens is 276 g/mol. The molecule has 0 fully saturated rings. The van der Waals surface area contributed by atoms with Crippen molar-refractivity contribution in [3.05, 3.63) is 59.7 Å². The molecule has 2 aromatic carbocycles. The predicted molar refractivity (Wildman–Crippen MR) is 75.0 cm³/mol. The highest BCUT2D eigenvalue weighted by Gasteiger charge is 2.06. The summed E-state index contributed by atoms with van der Waals surface area (Å²) in [4.78, 5) is 20.6. The van der Waals surface area contributed by atoms with Crippen molar-refractivity contribution in [1.82, 2.24) is 0 Å². The summed E-state index contributed by atoms with van der Waals surface area (Å²) >= 11 is 0. The molecule has 2 rings (SSSR count). The Morgan fingerprint density at radius 2 is 1.48 bits per heavy atom. The zero-order chi connectivity index (χ0) is 15.8. The van der Waals surface area contributed by atoms with Crippen LogP contribution in [0.15, 0.2) is 48.5 Å². The predicted octanol–water partition coefficient (Wildman–Crippen LogP) is 2.48. The van der Waals surface area contributed by atoms with Gasteiger partial charge in [0.1, 0.15) is 0 Å². The summed E-state index contributed by atoms with van der Waals surface area (Å²) in [5, 5.41) is 26.0. The van der Waals surface area contributed by atoms with Crippen LogP contribution >= 0.6 is 0 Å². The van der Waals surface area contributed by atoms with Gasteiger partial charge in [-0.1, -0.05) is 18.2 Å². The van der Waals surface area contributed by atoms with Gasteiger partial charge in [0.15, 0.2) is 11.5 Å². The van der Waals surface area contributed by atoms with Crippen LogP contribution in [-0.4, -0.2) is 34.4 Å². The molecule has 0 amide bonds. The largest absolute Gasteiger partial charge is 0.504 e. The van der Waals surface area contributed by atoms with Crippen molar-refractivity contribution in [2.24, 2.45) is 0 Å². The highest BCUT2D eigenvalue weighted by Crippen LogP contribution is 2.25. The fraction of sp³-hybridized carbons (Fsp3) is 0.0667. The van der Waals surface area contributed by atoms with Crippen LogP contribution in [0.25, 0.3) is 0 Å². The summed E-state index contributed by atoms with van der Waals surface area (Å²) in [5.41, 5.74) is 0.419. The van der Waals surface area contributed by atoms with Crippen LogP contribution in [0.2, 0.25) is 0 Å². The molecule has 0 aliphatic rings. The highest BCUT2D eigenvalue weighted by molar-refractivity contribution is 5.88. The molecule has 0 atom stereocenters. The monoisotopic (exact) mass is 290 g/mol. The zero-order valence-electron chi connectivity index (χ0n) is 11.2. The Morgan fingerprint density at radius 3 is 1.90 bits per heavy atom. The van der Waals surface area contributed by atoms with Gasteiger partial charge in [-0.3, -0.25) is 0 Å². The van der Waals surface area contributed by atoms with Crippen molar-refractivity contribution >= 4 is 11.9 Å². The van der Waals surface area contributed by atoms with Crippen molar-refractivity contribution in [1.29, 1.82) is 0 Å². The normalized spacial score (nSPS) is 9.19. The molecule has 0 aliphatic carbocycles. The lowest BCUT2D eigenvalue weighted by molar-refractivity contribution is 0.0686. The maximum Gasteiger partial charge on any atom is 0.335 e. The van der Waals surface area contributed by atoms with Crippen molar-refractivity contribution in [2.75, 3.05) is 7.11 Å². The summed E-state index contributed by atoms with van der Waals surface area (Å²) in [6.07, 6.45) is 0. The molecule has 0 heterocycles. The van der Waals surface area contributed by atoms with E-state index in [1.807, 2.05) is 0 Å². The standard InChI is InChI=1S/C8H8O4.C7H6O2/c1-12-7-4-5(8(10)11)2-3-6(7)9;8-7(9)6-4-2-1-3-5-6/h2-4,9H,1H3,(H,10,11);1-5H,(H,8,9). The van der Waals surface area contributed by atoms with E-state index in [4.69, 9.17) is 20.1 Å². The summed E-state index contributed by atoms with van der Waals surface area (Å²) in [7, 11) is 1.36. The summed E-state index contributed by atoms with van der Waals surface area (Å²) in [5.74, 6) is -1.83. The number of benzene rings is 2. The quantitative estimate of drug-likeness (QED) is 0.802. The molecule has 0 unspecified atom stereocenters. The van der Waals surface area contributed by atoms with Gasteiger partial charge >= 0.3 is 11.9 Å². The molecule has 0 spiro atoms. The van der Waals surface area contributed by atoms with Crippen LogP contribution in [0, 0.1) is 0 Å². The van der Waals surface area contributed by atoms with Gasteiger partial charge in [-0.05, 0) is 30.3 Å². The lowest BCUT2D eigenvalue weighted by Crippen LogP contribution is -1.96. The SMILES string of the molecule is COc1cc(C(=O)O)ccc1O.O=C(O)c1ccccc1. The summed E-state index contributed by atoms with van der Waals surface area (Å²) in [6, 6.07) is 12.1. The third kappa shape index (κ3) is 4.87. The molecule has 110 valence electrons. The lowest BCUT2D eigenvalue weighted by atomic mass is 10.2. The molecule has 21 heavy (non-hydrogen) atoms. The number of ether oxygens (including phenoxy) is 1. The highest BCUT2D eigenvalue weighted by atomic mass is 16.5. The van der Waals surface area contributed by atoms with Crippen molar-refractivity contribution in [2.45, 2.75) is 0 Å². The number of carbonyl (C=O) groups is 2. The number of hydrogen-bond donors (Lipinski definition) is 3. The number of methoxy groups -OCH3 is 1. The molecule has 6 heteroatoms. The van der Waals surface area contributed by atoms with Crippen LogP contribution < -0.4 is 4.74 Å². The molecule has 0 radical (unpaired) electrons. The van der Waals surface area contributed by atoms with Gasteiger partial charge in [-0.2, -0.15) is 0 Å². The number of rotatable bonds is 3. The van der Waals surface area contributed by atoms with Crippen LogP contribution in [0.1, 0.15) is 20.7 Å². The van der Waals surface area contributed by atoms with Gasteiger partial charge in [0.05, 0.1) is 18.2 Å². The Bertz CT molecular complexity index is 621. The maximum absolute atomic E-state index is 10.4. The van der Waals surface area contributed by atoms with Gasteiger partial charge < -0.3 is 20.1 Å². The van der Waals surface area contributed by atoms with Crippen LogP contribution in [0.4, 0.5) is 0 Å². The first-order chi connectivity index (χ1) is 9.95. The van der Waals surface area contributed by atoms with E-state index >= 15 is 0 Å². The number of aromatic hydroxyl groups is 1. The van der Waals surface area contributed by atoms with E-state index < -0.39 is 11.9 Å². The molecule has 6 nitrogen and oxygen atoms in total. The summed E-state index contributed by atoms with van der Waals surface area (Å²) in [6.45, 7) is 0. The number of phenols is 1. The average Bonchev–Trinajstić information content (AvgIpc) is 2.49. The van der Waals surface area contributed by atoms with Crippen LogP contribution in [-0.2, 0) is 0 Å². The average molecular weight is 290 g/mol. The molecule has 0 bridgehead atoms. The van der Waals surface area contributed by atoms with Crippen LogP contribution in [0.3, 0.4) is 0 Å². The first-order valence-electron chi connectivity index (χ1n) is 5.84. The molecule has 0 aliphatic heterocycles. The van der Waals surface area contributed by atoms with Gasteiger partial charge in [0, 0.05) is 0 Å². The zero-order valence-corrected chi connectivity index (χ0v) is 11.2. The van der Waals surface area contributed by atoms with Gasteiger partial charge in [0.25, 0.3) is 0 Å². The van der Waals surface area contributed by atoms with E-state index in [1.54, 1.807) is 30.3 Å². The molecular formula is C15H14O6. The molecule has 0 saturated carbocycles. The lowest BCUT2D eigenvalue weighted by Gasteiger charge is -2.02. The first kappa shape index (κ1) is 16.0. The number of aromatic carboxylic acids is 2.